The Balaban J connectivity index is 1.80. The number of rotatable bonds is 0. The fourth-order valence-corrected chi connectivity index (χ4v) is 3.18. The number of nitrogens with zero attached hydrogens (tertiary/aromatic N) is 1. The second kappa shape index (κ2) is 3.59. The van der Waals surface area contributed by atoms with Gasteiger partial charge in [0.25, 0.3) is 5.91 Å². The maximum absolute atomic E-state index is 11.9. The summed E-state index contributed by atoms with van der Waals surface area (Å²) in [5.41, 5.74) is 3.42. The number of carbonyl (C=O) groups excluding carboxylic acids is 1. The SMILES string of the molecule is O=C1NCCN2CC3NC4C=CC=CC4=C3C=C12. The Kier molecular flexibility index (Phi) is 2.02. The number of amides is 1. The third-order valence-corrected chi connectivity index (χ3v) is 4.05. The molecule has 18 heavy (non-hydrogen) atoms. The molecule has 3 heterocycles. The van der Waals surface area contributed by atoms with E-state index < -0.39 is 0 Å². The van der Waals surface area contributed by atoms with Gasteiger partial charge in [0, 0.05) is 19.6 Å². The lowest BCUT2D eigenvalue weighted by atomic mass is 9.95. The predicted octanol–water partition coefficient (Wildman–Crippen LogP) is 0.0787. The normalized spacial score (nSPS) is 32.8. The number of fused-ring (bicyclic) bond motifs is 3. The van der Waals surface area contributed by atoms with Crippen LogP contribution in [0.2, 0.25) is 0 Å². The molecule has 4 nitrogen and oxygen atoms in total. The molecule has 0 aromatic rings. The fraction of sp³-hybridized carbons (Fsp3) is 0.357. The van der Waals surface area contributed by atoms with Crippen molar-refractivity contribution in [3.05, 3.63) is 47.2 Å². The molecule has 0 spiro atoms. The van der Waals surface area contributed by atoms with Gasteiger partial charge >= 0.3 is 0 Å². The Hall–Kier alpha value is -1.81. The van der Waals surface area contributed by atoms with E-state index in [1.807, 2.05) is 0 Å². The molecule has 1 aliphatic carbocycles. The van der Waals surface area contributed by atoms with Gasteiger partial charge < -0.3 is 10.2 Å². The first-order valence-corrected chi connectivity index (χ1v) is 6.43. The minimum absolute atomic E-state index is 0.0616. The summed E-state index contributed by atoms with van der Waals surface area (Å²) in [6, 6.07) is 0.670. The Morgan fingerprint density at radius 1 is 1.28 bits per heavy atom. The van der Waals surface area contributed by atoms with Crippen LogP contribution in [0.1, 0.15) is 0 Å². The van der Waals surface area contributed by atoms with Crippen LogP contribution in [0.5, 0.6) is 0 Å². The molecule has 0 radical (unpaired) electrons. The molecular formula is C14H15N3O. The Bertz CT molecular complexity index is 541. The maximum Gasteiger partial charge on any atom is 0.267 e. The van der Waals surface area contributed by atoms with Crippen LogP contribution in [0.3, 0.4) is 0 Å². The predicted molar refractivity (Wildman–Crippen MR) is 68.7 cm³/mol. The van der Waals surface area contributed by atoms with Gasteiger partial charge in [-0.1, -0.05) is 24.3 Å². The quantitative estimate of drug-likeness (QED) is 0.631. The van der Waals surface area contributed by atoms with Crippen LogP contribution in [-0.4, -0.2) is 42.5 Å². The number of hydrogen-bond acceptors (Lipinski definition) is 3. The molecule has 0 aromatic heterocycles. The third kappa shape index (κ3) is 1.32. The van der Waals surface area contributed by atoms with Crippen molar-refractivity contribution in [3.63, 3.8) is 0 Å². The second-order valence-corrected chi connectivity index (χ2v) is 5.08. The van der Waals surface area contributed by atoms with Crippen LogP contribution in [0.15, 0.2) is 47.2 Å². The van der Waals surface area contributed by atoms with Crippen molar-refractivity contribution in [2.75, 3.05) is 19.6 Å². The van der Waals surface area contributed by atoms with Crippen molar-refractivity contribution in [2.45, 2.75) is 12.1 Å². The van der Waals surface area contributed by atoms with Crippen LogP contribution >= 0.6 is 0 Å². The number of allylic oxidation sites excluding steroid dienone is 2. The van der Waals surface area contributed by atoms with E-state index in [4.69, 9.17) is 0 Å². The molecule has 0 bridgehead atoms. The summed E-state index contributed by atoms with van der Waals surface area (Å²) in [7, 11) is 0. The zero-order valence-corrected chi connectivity index (χ0v) is 10.0. The van der Waals surface area contributed by atoms with E-state index in [9.17, 15) is 4.79 Å². The van der Waals surface area contributed by atoms with Gasteiger partial charge in [0.2, 0.25) is 0 Å². The van der Waals surface area contributed by atoms with Gasteiger partial charge in [-0.3, -0.25) is 10.1 Å². The van der Waals surface area contributed by atoms with E-state index >= 15 is 0 Å². The van der Waals surface area contributed by atoms with Gasteiger partial charge in [0.15, 0.2) is 0 Å². The Morgan fingerprint density at radius 3 is 3.17 bits per heavy atom. The van der Waals surface area contributed by atoms with Crippen molar-refractivity contribution in [2.24, 2.45) is 0 Å². The van der Waals surface area contributed by atoms with E-state index in [0.29, 0.717) is 12.1 Å². The van der Waals surface area contributed by atoms with Gasteiger partial charge in [-0.05, 0) is 17.2 Å². The van der Waals surface area contributed by atoms with Crippen LogP contribution in [0.4, 0.5) is 0 Å². The lowest BCUT2D eigenvalue weighted by Crippen LogP contribution is -2.52. The number of piperazine rings is 1. The molecule has 2 atom stereocenters. The molecule has 4 rings (SSSR count). The van der Waals surface area contributed by atoms with E-state index in [2.05, 4.69) is 45.9 Å². The van der Waals surface area contributed by atoms with Crippen LogP contribution < -0.4 is 10.6 Å². The van der Waals surface area contributed by atoms with E-state index in [-0.39, 0.29) is 5.91 Å². The molecule has 0 aromatic carbocycles. The highest BCUT2D eigenvalue weighted by Crippen LogP contribution is 2.32. The zero-order chi connectivity index (χ0) is 12.1. The first-order chi connectivity index (χ1) is 8.83. The monoisotopic (exact) mass is 241 g/mol. The van der Waals surface area contributed by atoms with Crippen molar-refractivity contribution >= 4 is 5.91 Å². The lowest BCUT2D eigenvalue weighted by Gasteiger charge is -2.37. The van der Waals surface area contributed by atoms with Crippen molar-refractivity contribution in [3.8, 4) is 0 Å². The summed E-state index contributed by atoms with van der Waals surface area (Å²) in [6.07, 6.45) is 10.5. The fourth-order valence-electron chi connectivity index (χ4n) is 3.18. The molecular weight excluding hydrogens is 226 g/mol. The number of hydrogen-bond donors (Lipinski definition) is 2. The van der Waals surface area contributed by atoms with Crippen LogP contribution in [0.25, 0.3) is 0 Å². The van der Waals surface area contributed by atoms with E-state index in [0.717, 1.165) is 25.3 Å². The molecule has 92 valence electrons. The number of nitrogens with one attached hydrogen (secondary N) is 2. The second-order valence-electron chi connectivity index (χ2n) is 5.08. The zero-order valence-electron chi connectivity index (χ0n) is 10.0. The lowest BCUT2D eigenvalue weighted by molar-refractivity contribution is -0.120. The molecule has 4 aliphatic rings. The van der Waals surface area contributed by atoms with E-state index in [1.54, 1.807) is 0 Å². The summed E-state index contributed by atoms with van der Waals surface area (Å²) >= 11 is 0. The summed E-state index contributed by atoms with van der Waals surface area (Å²) in [6.45, 7) is 2.56. The first-order valence-electron chi connectivity index (χ1n) is 6.43. The minimum Gasteiger partial charge on any atom is -0.363 e. The average molecular weight is 241 g/mol. The summed E-state index contributed by atoms with van der Waals surface area (Å²) < 4.78 is 0. The highest BCUT2D eigenvalue weighted by atomic mass is 16.2. The topological polar surface area (TPSA) is 44.4 Å². The van der Waals surface area contributed by atoms with Gasteiger partial charge in [0.05, 0.1) is 12.1 Å². The minimum atomic E-state index is 0.0616. The summed E-state index contributed by atoms with van der Waals surface area (Å²) in [5, 5.41) is 6.52. The van der Waals surface area contributed by atoms with E-state index in [1.165, 1.54) is 11.1 Å². The molecule has 2 N–H and O–H groups in total. The Morgan fingerprint density at radius 2 is 2.22 bits per heavy atom. The average Bonchev–Trinajstić information content (AvgIpc) is 2.75. The Labute approximate surface area is 106 Å². The van der Waals surface area contributed by atoms with Crippen molar-refractivity contribution in [1.29, 1.82) is 0 Å². The van der Waals surface area contributed by atoms with Crippen LogP contribution in [0, 0.1) is 0 Å². The summed E-state index contributed by atoms with van der Waals surface area (Å²) in [5.74, 6) is 0.0616. The molecule has 3 aliphatic heterocycles. The molecule has 4 heteroatoms. The highest BCUT2D eigenvalue weighted by Gasteiger charge is 2.37. The maximum atomic E-state index is 11.9. The molecule has 0 saturated carbocycles. The van der Waals surface area contributed by atoms with Gasteiger partial charge in [0.1, 0.15) is 5.70 Å². The summed E-state index contributed by atoms with van der Waals surface area (Å²) in [4.78, 5) is 14.1. The van der Waals surface area contributed by atoms with Crippen molar-refractivity contribution in [1.82, 2.24) is 15.5 Å². The molecule has 1 fully saturated rings. The molecule has 1 saturated heterocycles. The van der Waals surface area contributed by atoms with Gasteiger partial charge in [-0.15, -0.1) is 0 Å². The van der Waals surface area contributed by atoms with Crippen LogP contribution in [-0.2, 0) is 4.79 Å². The first kappa shape index (κ1) is 10.1. The smallest absolute Gasteiger partial charge is 0.267 e. The van der Waals surface area contributed by atoms with Crippen molar-refractivity contribution < 1.29 is 4.79 Å². The van der Waals surface area contributed by atoms with Gasteiger partial charge in [-0.2, -0.15) is 0 Å². The molecule has 2 unspecified atom stereocenters. The standard InChI is InChI=1S/C14H15N3O/c18-14-13-7-10-9-3-1-2-4-11(9)16-12(10)8-17(13)6-5-15-14/h1-4,7,11-12,16H,5-6,8H2,(H,15,18). The number of carbonyl (C=O) groups is 1. The van der Waals surface area contributed by atoms with Gasteiger partial charge in [-0.25, -0.2) is 0 Å². The highest BCUT2D eigenvalue weighted by molar-refractivity contribution is 5.94. The third-order valence-electron chi connectivity index (χ3n) is 4.05. The molecule has 1 amide bonds. The largest absolute Gasteiger partial charge is 0.363 e.